The molecule has 0 spiro atoms. The average molecular weight is 407 g/mol. The highest BCUT2D eigenvalue weighted by atomic mass is 28.5. The lowest BCUT2D eigenvalue weighted by Gasteiger charge is -2.41. The molecule has 0 bridgehead atoms. The van der Waals surface area contributed by atoms with Gasteiger partial charge in [-0.25, -0.2) is 0 Å². The zero-order valence-electron chi connectivity index (χ0n) is 17.9. The second kappa shape index (κ2) is 9.99. The van der Waals surface area contributed by atoms with Crippen LogP contribution in [0.2, 0.25) is 65.0 Å². The molecular formula is C17H42O3Si4. The van der Waals surface area contributed by atoms with Crippen LogP contribution in [0, 0.1) is 0 Å². The standard InChI is InChI=1S/C17H42O3Si4/c1-11-12-13-14-15-16-17-24(10,19-22(5,6)7)20-23(8,9)18-21(2,3)4/h15-16H,11-14,17H2,1-10H3. The lowest BCUT2D eigenvalue weighted by molar-refractivity contribution is 0.327. The maximum Gasteiger partial charge on any atom is 0.319 e. The molecule has 0 aromatic carbocycles. The van der Waals surface area contributed by atoms with Gasteiger partial charge in [-0.3, -0.25) is 0 Å². The Balaban J connectivity index is 4.94. The van der Waals surface area contributed by atoms with Crippen molar-refractivity contribution in [3.63, 3.8) is 0 Å². The van der Waals surface area contributed by atoms with Crippen LogP contribution in [0.4, 0.5) is 0 Å². The number of hydrogen-bond acceptors (Lipinski definition) is 3. The van der Waals surface area contributed by atoms with E-state index in [2.05, 4.69) is 78.0 Å². The van der Waals surface area contributed by atoms with Gasteiger partial charge in [-0.1, -0.05) is 31.9 Å². The molecular weight excluding hydrogens is 365 g/mol. The van der Waals surface area contributed by atoms with E-state index in [-0.39, 0.29) is 0 Å². The van der Waals surface area contributed by atoms with Gasteiger partial charge in [0.05, 0.1) is 0 Å². The summed E-state index contributed by atoms with van der Waals surface area (Å²) in [5.74, 6) is 0. The zero-order valence-corrected chi connectivity index (χ0v) is 21.9. The summed E-state index contributed by atoms with van der Waals surface area (Å²) in [5, 5.41) is 0. The Morgan fingerprint density at radius 3 is 1.67 bits per heavy atom. The summed E-state index contributed by atoms with van der Waals surface area (Å²) in [7, 11) is -7.68. The third-order valence-electron chi connectivity index (χ3n) is 3.17. The van der Waals surface area contributed by atoms with Crippen molar-refractivity contribution in [2.45, 2.75) is 97.6 Å². The third kappa shape index (κ3) is 13.7. The van der Waals surface area contributed by atoms with Crippen molar-refractivity contribution >= 4 is 33.8 Å². The average Bonchev–Trinajstić information content (AvgIpc) is 2.26. The van der Waals surface area contributed by atoms with Gasteiger partial charge in [0.1, 0.15) is 0 Å². The highest BCUT2D eigenvalue weighted by Crippen LogP contribution is 2.27. The minimum absolute atomic E-state index is 0.925. The van der Waals surface area contributed by atoms with Crippen molar-refractivity contribution in [2.75, 3.05) is 0 Å². The fourth-order valence-electron chi connectivity index (χ4n) is 2.96. The molecule has 0 aliphatic carbocycles. The van der Waals surface area contributed by atoms with E-state index in [0.29, 0.717) is 0 Å². The second-order valence-corrected chi connectivity index (χ2v) is 25.6. The normalized spacial score (nSPS) is 16.6. The van der Waals surface area contributed by atoms with Crippen molar-refractivity contribution in [1.29, 1.82) is 0 Å². The fraction of sp³-hybridized carbons (Fsp3) is 0.882. The summed E-state index contributed by atoms with van der Waals surface area (Å²) in [6, 6.07) is 0.925. The molecule has 0 radical (unpaired) electrons. The molecule has 0 aliphatic heterocycles. The molecule has 0 fully saturated rings. The maximum absolute atomic E-state index is 6.66. The van der Waals surface area contributed by atoms with E-state index in [0.717, 1.165) is 12.5 Å². The Morgan fingerprint density at radius 1 is 0.667 bits per heavy atom. The first-order valence-corrected chi connectivity index (χ1v) is 21.6. The number of rotatable bonds is 12. The summed E-state index contributed by atoms with van der Waals surface area (Å²) in [5.41, 5.74) is 0. The predicted octanol–water partition coefficient (Wildman–Crippen LogP) is 6.62. The van der Waals surface area contributed by atoms with Crippen LogP contribution in [0.15, 0.2) is 12.2 Å². The first-order chi connectivity index (χ1) is 10.7. The van der Waals surface area contributed by atoms with Crippen molar-refractivity contribution in [3.8, 4) is 0 Å². The fourth-order valence-corrected chi connectivity index (χ4v) is 20.5. The molecule has 0 aliphatic rings. The summed E-state index contributed by atoms with van der Waals surface area (Å²) in [6.07, 6.45) is 9.63. The third-order valence-corrected chi connectivity index (χ3v) is 16.4. The topological polar surface area (TPSA) is 27.7 Å². The number of allylic oxidation sites excluding steroid dienone is 2. The first-order valence-electron chi connectivity index (χ1n) is 9.44. The zero-order chi connectivity index (χ0) is 19.1. The SMILES string of the molecule is CCCCCC=CC[Si](C)(O[Si](C)(C)C)O[Si](C)(C)O[Si](C)(C)C. The van der Waals surface area contributed by atoms with Gasteiger partial charge in [0.15, 0.2) is 16.6 Å². The summed E-state index contributed by atoms with van der Waals surface area (Å²) in [4.78, 5) is 0. The molecule has 7 heteroatoms. The van der Waals surface area contributed by atoms with E-state index in [4.69, 9.17) is 12.3 Å². The highest BCUT2D eigenvalue weighted by Gasteiger charge is 2.43. The predicted molar refractivity (Wildman–Crippen MR) is 117 cm³/mol. The van der Waals surface area contributed by atoms with Gasteiger partial charge < -0.3 is 12.3 Å². The van der Waals surface area contributed by atoms with E-state index in [1.54, 1.807) is 0 Å². The van der Waals surface area contributed by atoms with Gasteiger partial charge in [0.25, 0.3) is 0 Å². The van der Waals surface area contributed by atoms with Crippen LogP contribution in [0.25, 0.3) is 0 Å². The van der Waals surface area contributed by atoms with Crippen LogP contribution in [-0.4, -0.2) is 33.8 Å². The minimum Gasteiger partial charge on any atom is -0.437 e. The van der Waals surface area contributed by atoms with Gasteiger partial charge in [-0.05, 0) is 71.8 Å². The molecule has 1 atom stereocenters. The van der Waals surface area contributed by atoms with Gasteiger partial charge in [0, 0.05) is 6.04 Å². The largest absolute Gasteiger partial charge is 0.437 e. The molecule has 0 amide bonds. The minimum atomic E-state index is -2.25. The smallest absolute Gasteiger partial charge is 0.319 e. The van der Waals surface area contributed by atoms with Crippen LogP contribution in [0.1, 0.15) is 32.6 Å². The molecule has 1 unspecified atom stereocenters. The van der Waals surface area contributed by atoms with Crippen molar-refractivity contribution in [3.05, 3.63) is 12.2 Å². The first kappa shape index (κ1) is 24.5. The summed E-state index contributed by atoms with van der Waals surface area (Å²) in [6.45, 7) is 22.3. The van der Waals surface area contributed by atoms with Gasteiger partial charge in [-0.15, -0.1) is 0 Å². The van der Waals surface area contributed by atoms with E-state index < -0.39 is 33.8 Å². The molecule has 3 nitrogen and oxygen atoms in total. The summed E-state index contributed by atoms with van der Waals surface area (Å²) >= 11 is 0. The highest BCUT2D eigenvalue weighted by molar-refractivity contribution is 6.89. The lowest BCUT2D eigenvalue weighted by Crippen LogP contribution is -2.56. The molecule has 0 rings (SSSR count). The Bertz CT molecular complexity index is 386. The molecule has 0 saturated heterocycles. The van der Waals surface area contributed by atoms with Crippen LogP contribution in [-0.2, 0) is 12.3 Å². The summed E-state index contributed by atoms with van der Waals surface area (Å²) < 4.78 is 19.6. The Kier molecular flexibility index (Phi) is 10.2. The lowest BCUT2D eigenvalue weighted by atomic mass is 10.2. The van der Waals surface area contributed by atoms with Crippen LogP contribution < -0.4 is 0 Å². The molecule has 0 aromatic rings. The number of hydrogen-bond donors (Lipinski definition) is 0. The van der Waals surface area contributed by atoms with Crippen LogP contribution in [0.5, 0.6) is 0 Å². The monoisotopic (exact) mass is 406 g/mol. The molecule has 0 saturated carbocycles. The van der Waals surface area contributed by atoms with Crippen LogP contribution >= 0.6 is 0 Å². The maximum atomic E-state index is 6.66. The van der Waals surface area contributed by atoms with E-state index >= 15 is 0 Å². The van der Waals surface area contributed by atoms with E-state index in [9.17, 15) is 0 Å². The number of unbranched alkanes of at least 4 members (excludes halogenated alkanes) is 3. The van der Waals surface area contributed by atoms with Crippen molar-refractivity contribution in [1.82, 2.24) is 0 Å². The second-order valence-electron chi connectivity index (χ2n) is 9.24. The van der Waals surface area contributed by atoms with Gasteiger partial charge in [-0.2, -0.15) is 0 Å². The van der Waals surface area contributed by atoms with Crippen LogP contribution in [0.3, 0.4) is 0 Å². The molecule has 0 aromatic heterocycles. The van der Waals surface area contributed by atoms with Crippen molar-refractivity contribution in [2.24, 2.45) is 0 Å². The van der Waals surface area contributed by atoms with E-state index in [1.807, 2.05) is 0 Å². The Morgan fingerprint density at radius 2 is 1.21 bits per heavy atom. The van der Waals surface area contributed by atoms with Gasteiger partial charge >= 0.3 is 17.1 Å². The quantitative estimate of drug-likeness (QED) is 0.207. The van der Waals surface area contributed by atoms with Gasteiger partial charge in [0.2, 0.25) is 0 Å². The molecule has 0 N–H and O–H groups in total. The van der Waals surface area contributed by atoms with E-state index in [1.165, 1.54) is 19.3 Å². The molecule has 24 heavy (non-hydrogen) atoms. The molecule has 0 heterocycles. The Hall–Kier alpha value is 0.488. The Labute approximate surface area is 155 Å². The molecule has 144 valence electrons. The van der Waals surface area contributed by atoms with Crippen molar-refractivity contribution < 1.29 is 12.3 Å².